The van der Waals surface area contributed by atoms with Gasteiger partial charge in [0.25, 0.3) is 0 Å². The number of alkyl halides is 6. The van der Waals surface area contributed by atoms with Crippen molar-refractivity contribution in [2.24, 2.45) is 0 Å². The Morgan fingerprint density at radius 3 is 1.11 bits per heavy atom. The molecule has 0 amide bonds. The molecule has 0 saturated carbocycles. The van der Waals surface area contributed by atoms with Crippen molar-refractivity contribution in [2.45, 2.75) is 168 Å². The molecule has 0 aliphatic heterocycles. The maximum absolute atomic E-state index is 13.0. The molecule has 37 heavy (non-hydrogen) atoms. The molecule has 0 aromatic heterocycles. The third kappa shape index (κ3) is 21.4. The molecule has 0 fully saturated rings. The molecule has 6 unspecified atom stereocenters. The van der Waals surface area contributed by atoms with Crippen molar-refractivity contribution >= 4 is 0 Å². The monoisotopic (exact) mass is 590 g/mol. The summed E-state index contributed by atoms with van der Waals surface area (Å²) in [4.78, 5) is 0. The molecule has 0 aliphatic carbocycles. The van der Waals surface area contributed by atoms with Gasteiger partial charge in [0.15, 0.2) is 0 Å². The zero-order chi connectivity index (χ0) is 28.7. The average molecular weight is 591 g/mol. The fourth-order valence-corrected chi connectivity index (χ4v) is 3.40. The van der Waals surface area contributed by atoms with Crippen LogP contribution in [0.15, 0.2) is 0 Å². The van der Waals surface area contributed by atoms with Crippen LogP contribution in [0, 0.1) is 0 Å². The molecule has 230 valence electrons. The molecule has 0 saturated heterocycles. The van der Waals surface area contributed by atoms with E-state index in [1.165, 1.54) is 0 Å². The molecule has 0 heterocycles. The van der Waals surface area contributed by atoms with Crippen LogP contribution in [0.3, 0.4) is 0 Å². The first kappa shape index (κ1) is 41.4. The fourth-order valence-electron chi connectivity index (χ4n) is 3.40. The van der Waals surface area contributed by atoms with E-state index in [1.807, 2.05) is 48.5 Å². The Morgan fingerprint density at radius 1 is 0.486 bits per heavy atom. The largest absolute Gasteiger partial charge is 0.657 e. The van der Waals surface area contributed by atoms with Crippen molar-refractivity contribution in [1.82, 2.24) is 0 Å². The predicted molar refractivity (Wildman–Crippen MR) is 140 cm³/mol. The molecule has 6 atom stereocenters. The van der Waals surface area contributed by atoms with Gasteiger partial charge in [0.1, 0.15) is 0 Å². The summed E-state index contributed by atoms with van der Waals surface area (Å²) < 4.78 is 77.3. The van der Waals surface area contributed by atoms with Crippen LogP contribution in [0.25, 0.3) is 21.3 Å². The molecule has 0 radical (unpaired) electrons. The third-order valence-corrected chi connectivity index (χ3v) is 5.76. The Balaban J connectivity index is -0.000000612. The second kappa shape index (κ2) is 20.8. The van der Waals surface area contributed by atoms with Gasteiger partial charge in [0, 0.05) is 16.5 Å². The van der Waals surface area contributed by atoms with Gasteiger partial charge < -0.3 is 21.3 Å². The number of hydrogen-bond acceptors (Lipinski definition) is 0. The molecule has 0 aromatic carbocycles. The van der Waals surface area contributed by atoms with Crippen LogP contribution < -0.4 is 0 Å². The first-order valence-corrected chi connectivity index (χ1v) is 13.3. The van der Waals surface area contributed by atoms with Gasteiger partial charge in [-0.1, -0.05) is 108 Å². The van der Waals surface area contributed by atoms with Gasteiger partial charge in [-0.3, -0.25) is 0 Å². The summed E-state index contributed by atoms with van der Waals surface area (Å²) in [7, 11) is 0. The normalized spacial score (nSPS) is 17.4. The van der Waals surface area contributed by atoms with Crippen LogP contribution in [-0.2, 0) is 16.5 Å². The van der Waals surface area contributed by atoms with Gasteiger partial charge >= 0.3 is 12.4 Å². The van der Waals surface area contributed by atoms with Gasteiger partial charge in [-0.25, -0.2) is 0 Å². The van der Waals surface area contributed by atoms with E-state index in [9.17, 15) is 26.3 Å². The average Bonchev–Trinajstić information content (AvgIpc) is 2.75. The van der Waals surface area contributed by atoms with Crippen molar-refractivity contribution in [3.05, 3.63) is 21.3 Å². The standard InChI is InChI=1S/C14H27F3N2.C12H23F3N2.Ni/c1-6-10(4)18-12(8-3)9-13(14(15,16)17)19-11(5)7-2;1-6-10(16-8(2)3)7-11(12(13,14)15)17-9(4)5;/h10-13H,6-9H2,1-5H3;8-11H,6-7H2,1-5H3;/q2*-2;. The molecule has 0 N–H and O–H groups in total. The Bertz CT molecular complexity index is 532. The topological polar surface area (TPSA) is 56.4 Å². The second-order valence-corrected chi connectivity index (χ2v) is 10.0. The molecule has 4 nitrogen and oxygen atoms in total. The maximum Gasteiger partial charge on any atom is 0.373 e. The van der Waals surface area contributed by atoms with Crippen LogP contribution >= 0.6 is 0 Å². The maximum atomic E-state index is 13.0. The molecule has 0 rings (SSSR count). The van der Waals surface area contributed by atoms with Gasteiger partial charge in [-0.05, 0) is 12.1 Å². The molecular formula is C26H50F6N4Ni-4. The SMILES string of the molecule is CCC(C)[N-]C(CC)CC([N-]C(C)CC)C(F)(F)F.CCC(CC([N-]C(C)C)C(F)(F)F)[N-]C(C)C.[Ni]. The van der Waals surface area contributed by atoms with E-state index in [1.54, 1.807) is 20.8 Å². The van der Waals surface area contributed by atoms with E-state index in [-0.39, 0.29) is 65.6 Å². The van der Waals surface area contributed by atoms with E-state index in [4.69, 9.17) is 0 Å². The van der Waals surface area contributed by atoms with Crippen molar-refractivity contribution < 1.29 is 42.8 Å². The summed E-state index contributed by atoms with van der Waals surface area (Å²) in [6, 6.07) is -4.07. The molecule has 0 aromatic rings. The smallest absolute Gasteiger partial charge is 0.373 e. The predicted octanol–water partition coefficient (Wildman–Crippen LogP) is 10.1. The Kier molecular flexibility index (Phi) is 23.2. The molecule has 0 bridgehead atoms. The Labute approximate surface area is 232 Å². The summed E-state index contributed by atoms with van der Waals surface area (Å²) in [5.41, 5.74) is 0. The molecule has 11 heteroatoms. The van der Waals surface area contributed by atoms with E-state index in [2.05, 4.69) is 21.3 Å². The molecular weight excluding hydrogens is 541 g/mol. The molecule has 0 aliphatic rings. The van der Waals surface area contributed by atoms with Crippen molar-refractivity contribution in [2.75, 3.05) is 0 Å². The van der Waals surface area contributed by atoms with Gasteiger partial charge in [0.05, 0.1) is 0 Å². The van der Waals surface area contributed by atoms with Crippen LogP contribution in [-0.4, -0.2) is 60.7 Å². The fraction of sp³-hybridized carbons (Fsp3) is 1.00. The minimum absolute atomic E-state index is 0. The second-order valence-electron chi connectivity index (χ2n) is 10.0. The quantitative estimate of drug-likeness (QED) is 0.127. The van der Waals surface area contributed by atoms with Crippen LogP contribution in [0.4, 0.5) is 26.3 Å². The van der Waals surface area contributed by atoms with Crippen molar-refractivity contribution in [3.8, 4) is 0 Å². The van der Waals surface area contributed by atoms with Crippen molar-refractivity contribution in [1.29, 1.82) is 0 Å². The van der Waals surface area contributed by atoms with Crippen LogP contribution in [0.1, 0.15) is 108 Å². The van der Waals surface area contributed by atoms with E-state index in [0.717, 1.165) is 6.42 Å². The first-order chi connectivity index (χ1) is 16.4. The van der Waals surface area contributed by atoms with E-state index < -0.39 is 24.4 Å². The zero-order valence-electron chi connectivity index (χ0n) is 24.2. The van der Waals surface area contributed by atoms with Crippen molar-refractivity contribution in [3.63, 3.8) is 0 Å². The summed E-state index contributed by atoms with van der Waals surface area (Å²) in [6.45, 7) is 18.3. The minimum Gasteiger partial charge on any atom is -0.657 e. The summed E-state index contributed by atoms with van der Waals surface area (Å²) in [5.74, 6) is 0. The Hall–Kier alpha value is -0.0865. The van der Waals surface area contributed by atoms with Gasteiger partial charge in [0.2, 0.25) is 0 Å². The minimum atomic E-state index is -4.26. The number of rotatable bonds is 16. The Morgan fingerprint density at radius 2 is 0.811 bits per heavy atom. The summed E-state index contributed by atoms with van der Waals surface area (Å²) >= 11 is 0. The first-order valence-electron chi connectivity index (χ1n) is 13.3. The van der Waals surface area contributed by atoms with Crippen LogP contribution in [0.2, 0.25) is 0 Å². The molecule has 0 spiro atoms. The van der Waals surface area contributed by atoms with Crippen LogP contribution in [0.5, 0.6) is 0 Å². The van der Waals surface area contributed by atoms with Gasteiger partial charge in [-0.15, -0.1) is 36.3 Å². The number of nitrogens with zero attached hydrogens (tertiary/aromatic N) is 4. The summed E-state index contributed by atoms with van der Waals surface area (Å²) in [6.07, 6.45) is -5.83. The van der Waals surface area contributed by atoms with E-state index in [0.29, 0.717) is 19.3 Å². The zero-order valence-corrected chi connectivity index (χ0v) is 25.2. The summed E-state index contributed by atoms with van der Waals surface area (Å²) in [5, 5.41) is 16.4. The van der Waals surface area contributed by atoms with Gasteiger partial charge in [-0.2, -0.15) is 26.3 Å². The van der Waals surface area contributed by atoms with E-state index >= 15 is 0 Å². The third-order valence-electron chi connectivity index (χ3n) is 5.76. The number of halogens is 6. The number of hydrogen-bond donors (Lipinski definition) is 0.